The molecule has 1 aliphatic heterocycles. The van der Waals surface area contributed by atoms with Crippen LogP contribution in [0.5, 0.6) is 0 Å². The fourth-order valence-corrected chi connectivity index (χ4v) is 2.18. The largest absolute Gasteiger partial charge is 0.340 e. The van der Waals surface area contributed by atoms with Crippen LogP contribution in [-0.4, -0.2) is 46.0 Å². The maximum atomic E-state index is 4.43. The second-order valence-corrected chi connectivity index (χ2v) is 4.48. The highest BCUT2D eigenvalue weighted by Crippen LogP contribution is 2.14. The van der Waals surface area contributed by atoms with Crippen molar-refractivity contribution in [2.75, 3.05) is 26.2 Å². The Kier molecular flexibility index (Phi) is 3.34. The van der Waals surface area contributed by atoms with Crippen LogP contribution < -0.4 is 5.32 Å². The number of aromatic nitrogens is 3. The normalized spacial score (nSPS) is 16.9. The summed E-state index contributed by atoms with van der Waals surface area (Å²) in [5.74, 6) is 1.01. The summed E-state index contributed by atoms with van der Waals surface area (Å²) in [6, 6.07) is 5.89. The second kappa shape index (κ2) is 5.29. The van der Waals surface area contributed by atoms with E-state index in [1.807, 2.05) is 24.4 Å². The molecule has 0 bridgehead atoms. The monoisotopic (exact) mass is 243 g/mol. The fourth-order valence-electron chi connectivity index (χ4n) is 2.18. The average molecular weight is 243 g/mol. The van der Waals surface area contributed by atoms with E-state index in [0.717, 1.165) is 49.9 Å². The lowest BCUT2D eigenvalue weighted by atomic mass is 10.3. The predicted molar refractivity (Wildman–Crippen MR) is 70.0 cm³/mol. The number of hydrogen-bond donors (Lipinski definition) is 2. The van der Waals surface area contributed by atoms with Gasteiger partial charge in [0.1, 0.15) is 5.82 Å². The zero-order valence-electron chi connectivity index (χ0n) is 10.3. The summed E-state index contributed by atoms with van der Waals surface area (Å²) in [7, 11) is 0. The molecule has 2 N–H and O–H groups in total. The summed E-state index contributed by atoms with van der Waals surface area (Å²) in [6.07, 6.45) is 3.66. The third-order valence-corrected chi connectivity index (χ3v) is 3.15. The minimum atomic E-state index is 0.883. The van der Waals surface area contributed by atoms with Crippen LogP contribution in [0.2, 0.25) is 0 Å². The van der Waals surface area contributed by atoms with E-state index < -0.39 is 0 Å². The summed E-state index contributed by atoms with van der Waals surface area (Å²) in [4.78, 5) is 14.5. The summed E-state index contributed by atoms with van der Waals surface area (Å²) in [6.45, 7) is 5.18. The topological polar surface area (TPSA) is 56.8 Å². The maximum absolute atomic E-state index is 4.43. The van der Waals surface area contributed by atoms with Crippen LogP contribution >= 0.6 is 0 Å². The molecule has 0 unspecified atom stereocenters. The van der Waals surface area contributed by atoms with Crippen molar-refractivity contribution in [1.29, 1.82) is 0 Å². The van der Waals surface area contributed by atoms with Gasteiger partial charge in [-0.2, -0.15) is 0 Å². The molecule has 1 saturated heterocycles. The van der Waals surface area contributed by atoms with Gasteiger partial charge in [-0.25, -0.2) is 4.98 Å². The number of piperazine rings is 1. The minimum Gasteiger partial charge on any atom is -0.340 e. The van der Waals surface area contributed by atoms with Crippen molar-refractivity contribution in [3.05, 3.63) is 36.4 Å². The van der Waals surface area contributed by atoms with Crippen molar-refractivity contribution in [2.24, 2.45) is 0 Å². The highest BCUT2D eigenvalue weighted by atomic mass is 15.2. The van der Waals surface area contributed by atoms with Crippen LogP contribution in [-0.2, 0) is 6.54 Å². The molecule has 0 aliphatic carbocycles. The fraction of sp³-hybridized carbons (Fsp3) is 0.385. The lowest BCUT2D eigenvalue weighted by molar-refractivity contribution is 0.228. The van der Waals surface area contributed by atoms with Crippen LogP contribution in [0.1, 0.15) is 5.82 Å². The number of H-pyrrole nitrogens is 1. The molecule has 0 radical (unpaired) electrons. The molecular formula is C13H17N5. The summed E-state index contributed by atoms with van der Waals surface area (Å²) in [5, 5.41) is 3.35. The van der Waals surface area contributed by atoms with Crippen molar-refractivity contribution < 1.29 is 0 Å². The molecule has 3 heterocycles. The standard InChI is InChI=1S/C13H17N5/c1-2-4-15-11(3-1)12-9-16-13(17-12)10-18-7-5-14-6-8-18/h1-4,9,14H,5-8,10H2,(H,16,17). The molecule has 5 heteroatoms. The van der Waals surface area contributed by atoms with Crippen LogP contribution in [0.3, 0.4) is 0 Å². The van der Waals surface area contributed by atoms with E-state index in [9.17, 15) is 0 Å². The average Bonchev–Trinajstić information content (AvgIpc) is 2.89. The molecule has 94 valence electrons. The number of nitrogens with one attached hydrogen (secondary N) is 2. The Bertz CT molecular complexity index is 487. The van der Waals surface area contributed by atoms with E-state index in [4.69, 9.17) is 0 Å². The van der Waals surface area contributed by atoms with Gasteiger partial charge in [-0.15, -0.1) is 0 Å². The molecule has 0 amide bonds. The molecule has 18 heavy (non-hydrogen) atoms. The lowest BCUT2D eigenvalue weighted by Gasteiger charge is -2.26. The molecule has 3 rings (SSSR count). The molecular weight excluding hydrogens is 226 g/mol. The van der Waals surface area contributed by atoms with Crippen LogP contribution in [0.15, 0.2) is 30.6 Å². The Hall–Kier alpha value is -1.72. The van der Waals surface area contributed by atoms with E-state index >= 15 is 0 Å². The zero-order chi connectivity index (χ0) is 12.2. The molecule has 2 aromatic rings. The van der Waals surface area contributed by atoms with Crippen LogP contribution in [0.25, 0.3) is 11.4 Å². The first-order chi connectivity index (χ1) is 8.92. The Balaban J connectivity index is 1.69. The van der Waals surface area contributed by atoms with E-state index in [1.165, 1.54) is 0 Å². The van der Waals surface area contributed by atoms with Gasteiger partial charge in [0, 0.05) is 32.4 Å². The van der Waals surface area contributed by atoms with E-state index in [0.29, 0.717) is 0 Å². The van der Waals surface area contributed by atoms with Gasteiger partial charge in [0.2, 0.25) is 0 Å². The minimum absolute atomic E-state index is 0.883. The van der Waals surface area contributed by atoms with E-state index in [1.54, 1.807) is 6.20 Å². The van der Waals surface area contributed by atoms with E-state index in [-0.39, 0.29) is 0 Å². The van der Waals surface area contributed by atoms with Gasteiger partial charge in [0.15, 0.2) is 0 Å². The number of imidazole rings is 1. The van der Waals surface area contributed by atoms with Gasteiger partial charge < -0.3 is 10.3 Å². The first-order valence-corrected chi connectivity index (χ1v) is 6.30. The maximum Gasteiger partial charge on any atom is 0.120 e. The second-order valence-electron chi connectivity index (χ2n) is 4.48. The van der Waals surface area contributed by atoms with Crippen molar-refractivity contribution in [1.82, 2.24) is 25.2 Å². The molecule has 1 fully saturated rings. The Morgan fingerprint density at radius 1 is 1.17 bits per heavy atom. The van der Waals surface area contributed by atoms with Gasteiger partial charge in [0.25, 0.3) is 0 Å². The first kappa shape index (κ1) is 11.4. The summed E-state index contributed by atoms with van der Waals surface area (Å²) in [5.41, 5.74) is 1.93. The van der Waals surface area contributed by atoms with Crippen molar-refractivity contribution in [3.63, 3.8) is 0 Å². The molecule has 0 atom stereocenters. The van der Waals surface area contributed by atoms with Crippen molar-refractivity contribution >= 4 is 0 Å². The lowest BCUT2D eigenvalue weighted by Crippen LogP contribution is -2.43. The molecule has 1 aliphatic rings. The van der Waals surface area contributed by atoms with Crippen molar-refractivity contribution in [3.8, 4) is 11.4 Å². The quantitative estimate of drug-likeness (QED) is 0.840. The number of aromatic amines is 1. The van der Waals surface area contributed by atoms with Gasteiger partial charge in [-0.1, -0.05) is 6.07 Å². The van der Waals surface area contributed by atoms with Gasteiger partial charge >= 0.3 is 0 Å². The molecule has 5 nitrogen and oxygen atoms in total. The highest BCUT2D eigenvalue weighted by Gasteiger charge is 2.12. The Morgan fingerprint density at radius 3 is 2.83 bits per heavy atom. The number of rotatable bonds is 3. The number of pyridine rings is 1. The summed E-state index contributed by atoms with van der Waals surface area (Å²) < 4.78 is 0. The van der Waals surface area contributed by atoms with Gasteiger partial charge in [0.05, 0.1) is 24.1 Å². The highest BCUT2D eigenvalue weighted by molar-refractivity contribution is 5.52. The number of hydrogen-bond acceptors (Lipinski definition) is 4. The third kappa shape index (κ3) is 2.57. The molecule has 0 spiro atoms. The Labute approximate surface area is 106 Å². The third-order valence-electron chi connectivity index (χ3n) is 3.15. The SMILES string of the molecule is c1ccc(-c2cnc(CN3CCNCC3)[nH]2)nc1. The van der Waals surface area contributed by atoms with Crippen LogP contribution in [0, 0.1) is 0 Å². The van der Waals surface area contributed by atoms with Crippen LogP contribution in [0.4, 0.5) is 0 Å². The molecule has 0 aromatic carbocycles. The molecule has 0 saturated carbocycles. The van der Waals surface area contributed by atoms with Crippen molar-refractivity contribution in [2.45, 2.75) is 6.54 Å². The van der Waals surface area contributed by atoms with E-state index in [2.05, 4.69) is 25.2 Å². The molecule has 2 aromatic heterocycles. The Morgan fingerprint density at radius 2 is 2.06 bits per heavy atom. The zero-order valence-corrected chi connectivity index (χ0v) is 10.3. The predicted octanol–water partition coefficient (Wildman–Crippen LogP) is 0.877. The van der Waals surface area contributed by atoms with Gasteiger partial charge in [-0.05, 0) is 12.1 Å². The number of nitrogens with zero attached hydrogens (tertiary/aromatic N) is 3. The van der Waals surface area contributed by atoms with Gasteiger partial charge in [-0.3, -0.25) is 9.88 Å². The summed E-state index contributed by atoms with van der Waals surface area (Å²) >= 11 is 0. The first-order valence-electron chi connectivity index (χ1n) is 6.30. The smallest absolute Gasteiger partial charge is 0.120 e.